The summed E-state index contributed by atoms with van der Waals surface area (Å²) < 4.78 is 11.4. The lowest BCUT2D eigenvalue weighted by atomic mass is 9.87. The van der Waals surface area contributed by atoms with Gasteiger partial charge in [0.05, 0.1) is 18.1 Å². The zero-order valence-corrected chi connectivity index (χ0v) is 20.1. The Hall–Kier alpha value is -2.87. The van der Waals surface area contributed by atoms with E-state index in [1.807, 2.05) is 48.5 Å². The highest BCUT2D eigenvalue weighted by molar-refractivity contribution is 7.17. The first-order valence-corrected chi connectivity index (χ1v) is 11.5. The van der Waals surface area contributed by atoms with Gasteiger partial charge in [0.1, 0.15) is 16.5 Å². The van der Waals surface area contributed by atoms with Crippen molar-refractivity contribution in [3.63, 3.8) is 0 Å². The number of likely N-dealkylation sites (N-methyl/N-ethyl adjacent to an activating group) is 1. The molecule has 6 nitrogen and oxygen atoms in total. The molecule has 5 rings (SSSR count). The van der Waals surface area contributed by atoms with E-state index in [1.54, 1.807) is 6.92 Å². The van der Waals surface area contributed by atoms with Crippen LogP contribution < -0.4 is 10.1 Å². The van der Waals surface area contributed by atoms with Gasteiger partial charge in [-0.25, -0.2) is 4.79 Å². The second-order valence-corrected chi connectivity index (χ2v) is 9.12. The monoisotopic (exact) mass is 484 g/mol. The van der Waals surface area contributed by atoms with Crippen LogP contribution in [0.1, 0.15) is 44.8 Å². The Kier molecular flexibility index (Phi) is 6.74. The third kappa shape index (κ3) is 4.24. The summed E-state index contributed by atoms with van der Waals surface area (Å²) in [7, 11) is 2.06. The number of benzene rings is 2. The number of fused-ring (bicyclic) bond motifs is 3. The standard InChI is InChI=1S/C25H24N2O4S.ClH/c1-3-30-25(29)22-17-12-13-27(2)14-20(17)32-24(22)26-23(28)21-15-8-4-6-10-18(15)31-19-11-7-5-9-16(19)21;/h4-11,21H,3,12-14H2,1-2H3,(H,26,28);1H. The molecule has 0 atom stereocenters. The highest BCUT2D eigenvalue weighted by Crippen LogP contribution is 2.45. The SMILES string of the molecule is CCOC(=O)c1c(NC(=O)C2c3ccccc3Oc3ccccc32)sc2c1CCN(C)C2.Cl. The first-order chi connectivity index (χ1) is 15.6. The van der Waals surface area contributed by atoms with Crippen LogP contribution in [0.5, 0.6) is 11.5 Å². The maximum atomic E-state index is 13.7. The van der Waals surface area contributed by atoms with Gasteiger partial charge in [-0.1, -0.05) is 36.4 Å². The van der Waals surface area contributed by atoms with Crippen molar-refractivity contribution in [2.24, 2.45) is 0 Å². The van der Waals surface area contributed by atoms with E-state index in [-0.39, 0.29) is 30.9 Å². The van der Waals surface area contributed by atoms with Gasteiger partial charge in [0, 0.05) is 29.1 Å². The molecule has 2 aromatic carbocycles. The molecule has 2 aliphatic rings. The van der Waals surface area contributed by atoms with Crippen LogP contribution >= 0.6 is 23.7 Å². The molecule has 3 heterocycles. The minimum absolute atomic E-state index is 0. The van der Waals surface area contributed by atoms with Gasteiger partial charge in [0.15, 0.2) is 0 Å². The maximum absolute atomic E-state index is 13.7. The molecule has 8 heteroatoms. The lowest BCUT2D eigenvalue weighted by molar-refractivity contribution is -0.116. The van der Waals surface area contributed by atoms with Crippen LogP contribution in [0.4, 0.5) is 5.00 Å². The van der Waals surface area contributed by atoms with E-state index >= 15 is 0 Å². The molecule has 0 radical (unpaired) electrons. The molecule has 0 saturated heterocycles. The van der Waals surface area contributed by atoms with Gasteiger partial charge >= 0.3 is 5.97 Å². The molecule has 1 amide bonds. The molecule has 0 aliphatic carbocycles. The Morgan fingerprint density at radius 3 is 2.39 bits per heavy atom. The largest absolute Gasteiger partial charge is 0.462 e. The van der Waals surface area contributed by atoms with E-state index in [4.69, 9.17) is 9.47 Å². The van der Waals surface area contributed by atoms with Gasteiger partial charge in [-0.15, -0.1) is 23.7 Å². The fourth-order valence-electron chi connectivity index (χ4n) is 4.41. The van der Waals surface area contributed by atoms with Crippen molar-refractivity contribution in [3.8, 4) is 11.5 Å². The topological polar surface area (TPSA) is 67.9 Å². The van der Waals surface area contributed by atoms with Gasteiger partial charge < -0.3 is 19.7 Å². The highest BCUT2D eigenvalue weighted by Gasteiger charge is 2.35. The molecule has 0 unspecified atom stereocenters. The third-order valence-electron chi connectivity index (χ3n) is 5.91. The predicted molar refractivity (Wildman–Crippen MR) is 131 cm³/mol. The van der Waals surface area contributed by atoms with Crippen molar-refractivity contribution in [1.82, 2.24) is 4.90 Å². The summed E-state index contributed by atoms with van der Waals surface area (Å²) in [6.07, 6.45) is 0.759. The van der Waals surface area contributed by atoms with Gasteiger partial charge in [-0.2, -0.15) is 0 Å². The number of thiophene rings is 1. The molecular weight excluding hydrogens is 460 g/mol. The normalized spacial score (nSPS) is 14.7. The number of esters is 1. The summed E-state index contributed by atoms with van der Waals surface area (Å²) in [5, 5.41) is 3.64. The summed E-state index contributed by atoms with van der Waals surface area (Å²) in [5.41, 5.74) is 3.11. The molecule has 172 valence electrons. The molecule has 1 aromatic heterocycles. The molecule has 0 spiro atoms. The van der Waals surface area contributed by atoms with Gasteiger partial charge in [-0.05, 0) is 38.1 Å². The number of hydrogen-bond acceptors (Lipinski definition) is 6. The van der Waals surface area contributed by atoms with E-state index in [0.717, 1.165) is 41.1 Å². The number of anilines is 1. The van der Waals surface area contributed by atoms with Crippen molar-refractivity contribution in [2.45, 2.75) is 25.8 Å². The summed E-state index contributed by atoms with van der Waals surface area (Å²) in [6.45, 7) is 3.70. The van der Waals surface area contributed by atoms with Crippen molar-refractivity contribution >= 4 is 40.6 Å². The van der Waals surface area contributed by atoms with Gasteiger partial charge in [-0.3, -0.25) is 4.79 Å². The first-order valence-electron chi connectivity index (χ1n) is 10.7. The Labute approximate surface area is 202 Å². The number of halogens is 1. The molecule has 0 bridgehead atoms. The van der Waals surface area contributed by atoms with Crippen LogP contribution in [0.25, 0.3) is 0 Å². The van der Waals surface area contributed by atoms with E-state index in [1.165, 1.54) is 11.3 Å². The molecule has 2 aliphatic heterocycles. The summed E-state index contributed by atoms with van der Waals surface area (Å²) in [5.74, 6) is 0.240. The number of para-hydroxylation sites is 2. The summed E-state index contributed by atoms with van der Waals surface area (Å²) in [6, 6.07) is 15.2. The first kappa shape index (κ1) is 23.3. The van der Waals surface area contributed by atoms with Crippen molar-refractivity contribution in [1.29, 1.82) is 0 Å². The van der Waals surface area contributed by atoms with Crippen LogP contribution in [0.15, 0.2) is 48.5 Å². The third-order valence-corrected chi connectivity index (χ3v) is 7.04. The van der Waals surface area contributed by atoms with Crippen LogP contribution in [0.3, 0.4) is 0 Å². The van der Waals surface area contributed by atoms with Gasteiger partial charge in [0.2, 0.25) is 5.91 Å². The number of carbonyl (C=O) groups is 2. The van der Waals surface area contributed by atoms with Crippen LogP contribution in [0, 0.1) is 0 Å². The minimum atomic E-state index is -0.534. The minimum Gasteiger partial charge on any atom is -0.462 e. The van der Waals surface area contributed by atoms with Crippen molar-refractivity contribution in [2.75, 3.05) is 25.5 Å². The van der Waals surface area contributed by atoms with Gasteiger partial charge in [0.25, 0.3) is 0 Å². The zero-order valence-electron chi connectivity index (χ0n) is 18.4. The van der Waals surface area contributed by atoms with Crippen molar-refractivity contribution < 1.29 is 19.1 Å². The van der Waals surface area contributed by atoms with Crippen LogP contribution in [0.2, 0.25) is 0 Å². The van der Waals surface area contributed by atoms with E-state index in [2.05, 4.69) is 17.3 Å². The molecule has 3 aromatic rings. The number of ether oxygens (including phenoxy) is 2. The number of rotatable bonds is 4. The number of hydrogen-bond donors (Lipinski definition) is 1. The Morgan fingerprint density at radius 2 is 1.76 bits per heavy atom. The molecule has 0 saturated carbocycles. The second-order valence-electron chi connectivity index (χ2n) is 8.02. The van der Waals surface area contributed by atoms with Crippen molar-refractivity contribution in [3.05, 3.63) is 75.7 Å². The van der Waals surface area contributed by atoms with Crippen LogP contribution in [-0.2, 0) is 22.5 Å². The second kappa shape index (κ2) is 9.55. The maximum Gasteiger partial charge on any atom is 0.341 e. The average Bonchev–Trinajstić information content (AvgIpc) is 3.14. The number of nitrogens with one attached hydrogen (secondary N) is 1. The lowest BCUT2D eigenvalue weighted by Gasteiger charge is -2.27. The number of amides is 1. The quantitative estimate of drug-likeness (QED) is 0.515. The highest BCUT2D eigenvalue weighted by atomic mass is 35.5. The molecule has 1 N–H and O–H groups in total. The Bertz CT molecular complexity index is 1160. The van der Waals surface area contributed by atoms with E-state index in [9.17, 15) is 9.59 Å². The fraction of sp³-hybridized carbons (Fsp3) is 0.280. The molecule has 33 heavy (non-hydrogen) atoms. The zero-order chi connectivity index (χ0) is 22.2. The smallest absolute Gasteiger partial charge is 0.341 e. The predicted octanol–water partition coefficient (Wildman–Crippen LogP) is 5.21. The Balaban J connectivity index is 0.00000259. The Morgan fingerprint density at radius 1 is 1.12 bits per heavy atom. The van der Waals surface area contributed by atoms with E-state index < -0.39 is 5.92 Å². The summed E-state index contributed by atoms with van der Waals surface area (Å²) >= 11 is 1.47. The number of carbonyl (C=O) groups excluding carboxylic acids is 2. The fourth-order valence-corrected chi connectivity index (χ4v) is 5.73. The number of nitrogens with zero attached hydrogens (tertiary/aromatic N) is 1. The molecule has 0 fully saturated rings. The average molecular weight is 485 g/mol. The van der Waals surface area contributed by atoms with Crippen LogP contribution in [-0.4, -0.2) is 37.0 Å². The summed E-state index contributed by atoms with van der Waals surface area (Å²) in [4.78, 5) is 29.8. The lowest BCUT2D eigenvalue weighted by Crippen LogP contribution is -2.27. The molecular formula is C25H25ClN2O4S. The van der Waals surface area contributed by atoms with E-state index in [0.29, 0.717) is 22.1 Å².